The molecule has 0 amide bonds. The lowest BCUT2D eigenvalue weighted by Crippen LogP contribution is -2.32. The standard InChI is InChI=1S/C10H21N.C9H19N.C8H17N.3CH4/c1-10(2)9-11-7-5-3-4-6-8-11;1-9(2)8-10-6-4-3-5-7-10;1-8(2)7-9-5-3-4-6-9;;;/h10H,3-9H2,1-2H3;9H,3-8H2,1-2H3;8H,3-7H2,1-2H3;3*1H4. The van der Waals surface area contributed by atoms with Crippen molar-refractivity contribution in [3.8, 4) is 0 Å². The lowest BCUT2D eigenvalue weighted by molar-refractivity contribution is 0.206. The lowest BCUT2D eigenvalue weighted by Gasteiger charge is -2.27. The molecular weight excluding hydrogens is 402 g/mol. The first-order valence-electron chi connectivity index (χ1n) is 13.5. The number of hydrogen-bond donors (Lipinski definition) is 0. The lowest BCUT2D eigenvalue weighted by atomic mass is 10.1. The van der Waals surface area contributed by atoms with E-state index in [1.54, 1.807) is 0 Å². The molecule has 0 saturated carbocycles. The third-order valence-corrected chi connectivity index (χ3v) is 6.22. The van der Waals surface area contributed by atoms with Gasteiger partial charge >= 0.3 is 0 Å². The van der Waals surface area contributed by atoms with Crippen LogP contribution in [-0.4, -0.2) is 73.6 Å². The van der Waals surface area contributed by atoms with Crippen molar-refractivity contribution in [1.29, 1.82) is 0 Å². The first-order chi connectivity index (χ1) is 14.4. The average Bonchev–Trinajstić information content (AvgIpc) is 3.04. The van der Waals surface area contributed by atoms with Gasteiger partial charge in [0.25, 0.3) is 0 Å². The smallest absolute Gasteiger partial charge is 0.000438 e. The van der Waals surface area contributed by atoms with E-state index in [9.17, 15) is 0 Å². The molecular formula is C30H69N3. The van der Waals surface area contributed by atoms with Crippen LogP contribution in [0.5, 0.6) is 0 Å². The molecule has 0 bridgehead atoms. The van der Waals surface area contributed by atoms with Crippen LogP contribution in [0.25, 0.3) is 0 Å². The molecule has 0 aromatic carbocycles. The van der Waals surface area contributed by atoms with E-state index in [1.165, 1.54) is 117 Å². The van der Waals surface area contributed by atoms with Crippen molar-refractivity contribution < 1.29 is 0 Å². The normalized spacial score (nSPS) is 19.9. The number of piperidine rings is 1. The summed E-state index contributed by atoms with van der Waals surface area (Å²) in [5.41, 5.74) is 0. The van der Waals surface area contributed by atoms with Crippen molar-refractivity contribution >= 4 is 0 Å². The molecule has 3 heteroatoms. The van der Waals surface area contributed by atoms with Gasteiger partial charge in [-0.3, -0.25) is 0 Å². The molecule has 3 fully saturated rings. The van der Waals surface area contributed by atoms with E-state index in [4.69, 9.17) is 0 Å². The molecule has 3 nitrogen and oxygen atoms in total. The van der Waals surface area contributed by atoms with Gasteiger partial charge in [-0.1, -0.05) is 83.1 Å². The van der Waals surface area contributed by atoms with Crippen LogP contribution >= 0.6 is 0 Å². The van der Waals surface area contributed by atoms with E-state index in [0.29, 0.717) is 0 Å². The highest BCUT2D eigenvalue weighted by Gasteiger charge is 2.12. The highest BCUT2D eigenvalue weighted by molar-refractivity contribution is 4.67. The van der Waals surface area contributed by atoms with Crippen LogP contribution in [0.4, 0.5) is 0 Å². The van der Waals surface area contributed by atoms with Gasteiger partial charge in [0.2, 0.25) is 0 Å². The van der Waals surface area contributed by atoms with Gasteiger partial charge in [-0.25, -0.2) is 0 Å². The molecule has 3 aliphatic heterocycles. The fourth-order valence-corrected chi connectivity index (χ4v) is 4.98. The average molecular weight is 472 g/mol. The molecule has 0 aromatic rings. The van der Waals surface area contributed by atoms with Gasteiger partial charge in [0.1, 0.15) is 0 Å². The predicted octanol–water partition coefficient (Wildman–Crippen LogP) is 8.29. The van der Waals surface area contributed by atoms with Gasteiger partial charge in [0, 0.05) is 19.6 Å². The second kappa shape index (κ2) is 23.6. The molecule has 0 atom stereocenters. The molecule has 3 aliphatic rings. The van der Waals surface area contributed by atoms with Crippen molar-refractivity contribution in [1.82, 2.24) is 14.7 Å². The zero-order valence-electron chi connectivity index (χ0n) is 21.8. The zero-order valence-corrected chi connectivity index (χ0v) is 21.8. The summed E-state index contributed by atoms with van der Waals surface area (Å²) in [4.78, 5) is 7.77. The van der Waals surface area contributed by atoms with Crippen LogP contribution < -0.4 is 0 Å². The largest absolute Gasteiger partial charge is 0.303 e. The minimum atomic E-state index is 0. The molecule has 0 N–H and O–H groups in total. The van der Waals surface area contributed by atoms with E-state index in [-0.39, 0.29) is 22.3 Å². The molecule has 0 aliphatic carbocycles. The van der Waals surface area contributed by atoms with E-state index in [1.807, 2.05) is 0 Å². The Morgan fingerprint density at radius 2 is 0.545 bits per heavy atom. The van der Waals surface area contributed by atoms with E-state index < -0.39 is 0 Å². The summed E-state index contributed by atoms with van der Waals surface area (Å²) in [5.74, 6) is 2.54. The molecule has 0 radical (unpaired) electrons. The van der Waals surface area contributed by atoms with Gasteiger partial charge in [-0.15, -0.1) is 0 Å². The van der Waals surface area contributed by atoms with Crippen molar-refractivity contribution in [2.45, 2.75) is 122 Å². The van der Waals surface area contributed by atoms with Gasteiger partial charge < -0.3 is 14.7 Å². The molecule has 0 spiro atoms. The molecule has 0 unspecified atom stereocenters. The number of rotatable bonds is 6. The number of hydrogen-bond acceptors (Lipinski definition) is 3. The first kappa shape index (κ1) is 37.4. The maximum Gasteiger partial charge on any atom is 0.000438 e. The zero-order chi connectivity index (χ0) is 22.2. The highest BCUT2D eigenvalue weighted by Crippen LogP contribution is 2.11. The summed E-state index contributed by atoms with van der Waals surface area (Å²) in [7, 11) is 0. The predicted molar refractivity (Wildman–Crippen MR) is 156 cm³/mol. The maximum atomic E-state index is 2.62. The van der Waals surface area contributed by atoms with Crippen molar-refractivity contribution in [3.05, 3.63) is 0 Å². The summed E-state index contributed by atoms with van der Waals surface area (Å²) in [6.07, 6.45) is 12.9. The summed E-state index contributed by atoms with van der Waals surface area (Å²) in [5, 5.41) is 0. The van der Waals surface area contributed by atoms with Crippen LogP contribution in [0.15, 0.2) is 0 Å². The highest BCUT2D eigenvalue weighted by atomic mass is 15.1. The van der Waals surface area contributed by atoms with Crippen LogP contribution in [0.3, 0.4) is 0 Å². The fraction of sp³-hybridized carbons (Fsp3) is 1.00. The molecule has 3 rings (SSSR count). The van der Waals surface area contributed by atoms with Gasteiger partial charge in [0.15, 0.2) is 0 Å². The molecule has 3 saturated heterocycles. The second-order valence-electron chi connectivity index (χ2n) is 11.3. The Balaban J connectivity index is -0.000000393. The summed E-state index contributed by atoms with van der Waals surface area (Å²) < 4.78 is 0. The Labute approximate surface area is 213 Å². The third kappa shape index (κ3) is 22.1. The Bertz CT molecular complexity index is 361. The number of likely N-dealkylation sites (tertiary alicyclic amines) is 3. The van der Waals surface area contributed by atoms with E-state index in [2.05, 4.69) is 56.2 Å². The minimum Gasteiger partial charge on any atom is -0.303 e. The SMILES string of the molecule is C.C.C.CC(C)CN1CCCC1.CC(C)CN1CCCCC1.CC(C)CN1CCCCCC1. The van der Waals surface area contributed by atoms with Crippen molar-refractivity contribution in [3.63, 3.8) is 0 Å². The Hall–Kier alpha value is -0.120. The van der Waals surface area contributed by atoms with Crippen LogP contribution in [0.2, 0.25) is 0 Å². The van der Waals surface area contributed by atoms with Crippen LogP contribution in [0, 0.1) is 17.8 Å². The maximum absolute atomic E-state index is 2.62. The minimum absolute atomic E-state index is 0. The van der Waals surface area contributed by atoms with Crippen LogP contribution in [-0.2, 0) is 0 Å². The quantitative estimate of drug-likeness (QED) is 0.385. The van der Waals surface area contributed by atoms with Gasteiger partial charge in [-0.05, 0) is 95.5 Å². The van der Waals surface area contributed by atoms with Gasteiger partial charge in [0.05, 0.1) is 0 Å². The summed E-state index contributed by atoms with van der Waals surface area (Å²) in [6.45, 7) is 25.8. The second-order valence-corrected chi connectivity index (χ2v) is 11.3. The molecule has 3 heterocycles. The Kier molecular flexibility index (Phi) is 26.8. The fourth-order valence-electron chi connectivity index (χ4n) is 4.98. The molecule has 204 valence electrons. The van der Waals surface area contributed by atoms with E-state index in [0.717, 1.165) is 17.8 Å². The molecule has 33 heavy (non-hydrogen) atoms. The first-order valence-corrected chi connectivity index (χ1v) is 13.5. The van der Waals surface area contributed by atoms with Crippen molar-refractivity contribution in [2.24, 2.45) is 17.8 Å². The van der Waals surface area contributed by atoms with Crippen molar-refractivity contribution in [2.75, 3.05) is 58.9 Å². The Morgan fingerprint density at radius 3 is 0.758 bits per heavy atom. The topological polar surface area (TPSA) is 9.72 Å². The Morgan fingerprint density at radius 1 is 0.364 bits per heavy atom. The van der Waals surface area contributed by atoms with Crippen LogP contribution in [0.1, 0.15) is 122 Å². The summed E-state index contributed by atoms with van der Waals surface area (Å²) >= 11 is 0. The number of nitrogens with zero attached hydrogens (tertiary/aromatic N) is 3. The van der Waals surface area contributed by atoms with Gasteiger partial charge in [-0.2, -0.15) is 0 Å². The summed E-state index contributed by atoms with van der Waals surface area (Å²) in [6, 6.07) is 0. The van der Waals surface area contributed by atoms with E-state index >= 15 is 0 Å². The monoisotopic (exact) mass is 472 g/mol. The molecule has 0 aromatic heterocycles. The third-order valence-electron chi connectivity index (χ3n) is 6.22.